The fourth-order valence-electron chi connectivity index (χ4n) is 3.63. The Bertz CT molecular complexity index is 1090. The molecule has 0 radical (unpaired) electrons. The SMILES string of the molecule is CCN(CC)S(=O)(=O)c1ccc(C=CC(=O)N2c3ccccc3NC(=O)CC2C)cc1. The van der Waals surface area contributed by atoms with E-state index in [9.17, 15) is 18.0 Å². The van der Waals surface area contributed by atoms with E-state index in [1.807, 2.05) is 13.0 Å². The van der Waals surface area contributed by atoms with Crippen molar-refractivity contribution in [2.75, 3.05) is 23.3 Å². The van der Waals surface area contributed by atoms with Gasteiger partial charge in [-0.25, -0.2) is 8.42 Å². The number of benzene rings is 2. The summed E-state index contributed by atoms with van der Waals surface area (Å²) in [5.41, 5.74) is 1.96. The van der Waals surface area contributed by atoms with Crippen LogP contribution < -0.4 is 10.2 Å². The van der Waals surface area contributed by atoms with Crippen LogP contribution in [0.4, 0.5) is 11.4 Å². The third-order valence-corrected chi connectivity index (χ3v) is 7.30. The van der Waals surface area contributed by atoms with Gasteiger partial charge in [-0.1, -0.05) is 38.1 Å². The largest absolute Gasteiger partial charge is 0.324 e. The standard InChI is InChI=1S/C23H27N3O4S/c1-4-25(5-2)31(29,30)19-13-10-18(11-14-19)12-15-23(28)26-17(3)16-22(27)24-20-8-6-7-9-21(20)26/h6-15,17H,4-5,16H2,1-3H3,(H,24,27). The number of amides is 2. The Labute approximate surface area is 183 Å². The molecule has 164 valence electrons. The van der Waals surface area contributed by atoms with Gasteiger partial charge in [0, 0.05) is 31.6 Å². The molecule has 3 rings (SSSR count). The first-order valence-electron chi connectivity index (χ1n) is 10.3. The Morgan fingerprint density at radius 1 is 1.13 bits per heavy atom. The van der Waals surface area contributed by atoms with Gasteiger partial charge in [0.05, 0.1) is 16.3 Å². The summed E-state index contributed by atoms with van der Waals surface area (Å²) >= 11 is 0. The molecule has 31 heavy (non-hydrogen) atoms. The zero-order valence-electron chi connectivity index (χ0n) is 17.9. The van der Waals surface area contributed by atoms with Crippen LogP contribution in [0.25, 0.3) is 6.08 Å². The van der Waals surface area contributed by atoms with Gasteiger partial charge in [-0.2, -0.15) is 4.31 Å². The third kappa shape index (κ3) is 4.86. The molecule has 2 amide bonds. The van der Waals surface area contributed by atoms with Crippen molar-refractivity contribution in [3.05, 3.63) is 60.2 Å². The van der Waals surface area contributed by atoms with Crippen LogP contribution in [0.15, 0.2) is 59.5 Å². The van der Waals surface area contributed by atoms with Crippen molar-refractivity contribution >= 4 is 39.3 Å². The van der Waals surface area contributed by atoms with Gasteiger partial charge in [-0.3, -0.25) is 9.59 Å². The minimum atomic E-state index is -3.52. The number of carbonyl (C=O) groups excluding carboxylic acids is 2. The zero-order valence-corrected chi connectivity index (χ0v) is 18.7. The van der Waals surface area contributed by atoms with Crippen LogP contribution in [0.5, 0.6) is 0 Å². The number of hydrogen-bond acceptors (Lipinski definition) is 4. The normalized spacial score (nSPS) is 16.8. The van der Waals surface area contributed by atoms with Gasteiger partial charge >= 0.3 is 0 Å². The first-order valence-corrected chi connectivity index (χ1v) is 11.7. The van der Waals surface area contributed by atoms with E-state index in [0.29, 0.717) is 30.0 Å². The molecule has 7 nitrogen and oxygen atoms in total. The van der Waals surface area contributed by atoms with E-state index in [1.54, 1.807) is 67.3 Å². The van der Waals surface area contributed by atoms with Gasteiger partial charge in [-0.15, -0.1) is 0 Å². The molecule has 0 spiro atoms. The lowest BCUT2D eigenvalue weighted by Crippen LogP contribution is -2.37. The van der Waals surface area contributed by atoms with E-state index in [-0.39, 0.29) is 29.2 Å². The summed E-state index contributed by atoms with van der Waals surface area (Å²) in [7, 11) is -3.52. The smallest absolute Gasteiger partial charge is 0.251 e. The minimum absolute atomic E-state index is 0.135. The van der Waals surface area contributed by atoms with Crippen molar-refractivity contribution in [1.29, 1.82) is 0 Å². The van der Waals surface area contributed by atoms with Gasteiger partial charge in [0.15, 0.2) is 0 Å². The van der Waals surface area contributed by atoms with Crippen LogP contribution in [0, 0.1) is 0 Å². The van der Waals surface area contributed by atoms with Gasteiger partial charge in [0.2, 0.25) is 15.9 Å². The van der Waals surface area contributed by atoms with E-state index in [1.165, 1.54) is 10.4 Å². The number of para-hydroxylation sites is 2. The number of hydrogen-bond donors (Lipinski definition) is 1. The number of sulfonamides is 1. The molecular weight excluding hydrogens is 414 g/mol. The van der Waals surface area contributed by atoms with Crippen molar-refractivity contribution in [3.8, 4) is 0 Å². The number of anilines is 2. The first kappa shape index (κ1) is 22.7. The second kappa shape index (κ2) is 9.45. The van der Waals surface area contributed by atoms with E-state index in [4.69, 9.17) is 0 Å². The topological polar surface area (TPSA) is 86.8 Å². The molecule has 2 aromatic carbocycles. The molecule has 8 heteroatoms. The van der Waals surface area contributed by atoms with E-state index < -0.39 is 10.0 Å². The number of nitrogens with zero attached hydrogens (tertiary/aromatic N) is 2. The Kier molecular flexibility index (Phi) is 6.92. The summed E-state index contributed by atoms with van der Waals surface area (Å²) in [5, 5.41) is 2.83. The molecule has 0 aliphatic carbocycles. The molecule has 1 unspecified atom stereocenters. The molecule has 1 heterocycles. The summed E-state index contributed by atoms with van der Waals surface area (Å²) in [6.45, 7) is 6.24. The maximum atomic E-state index is 13.0. The van der Waals surface area contributed by atoms with Crippen LogP contribution >= 0.6 is 0 Å². The molecule has 1 N–H and O–H groups in total. The summed E-state index contributed by atoms with van der Waals surface area (Å²) in [4.78, 5) is 26.9. The Morgan fingerprint density at radius 2 is 1.77 bits per heavy atom. The maximum Gasteiger partial charge on any atom is 0.251 e. The molecule has 0 fully saturated rings. The predicted molar refractivity (Wildman–Crippen MR) is 122 cm³/mol. The van der Waals surface area contributed by atoms with Crippen molar-refractivity contribution in [3.63, 3.8) is 0 Å². The third-order valence-electron chi connectivity index (χ3n) is 5.24. The van der Waals surface area contributed by atoms with Gasteiger partial charge < -0.3 is 10.2 Å². The molecule has 1 atom stereocenters. The molecule has 1 aliphatic heterocycles. The lowest BCUT2D eigenvalue weighted by molar-refractivity contribution is -0.116. The molecule has 1 aliphatic rings. The van der Waals surface area contributed by atoms with E-state index >= 15 is 0 Å². The summed E-state index contributed by atoms with van der Waals surface area (Å²) in [6.07, 6.45) is 3.29. The van der Waals surface area contributed by atoms with Crippen LogP contribution in [0.2, 0.25) is 0 Å². The highest BCUT2D eigenvalue weighted by Crippen LogP contribution is 2.31. The van der Waals surface area contributed by atoms with Crippen molar-refractivity contribution in [1.82, 2.24) is 4.31 Å². The quantitative estimate of drug-likeness (QED) is 0.695. The second-order valence-corrected chi connectivity index (χ2v) is 9.26. The Hall–Kier alpha value is -2.97. The maximum absolute atomic E-state index is 13.0. The monoisotopic (exact) mass is 441 g/mol. The van der Waals surface area contributed by atoms with Crippen molar-refractivity contribution < 1.29 is 18.0 Å². The summed E-state index contributed by atoms with van der Waals surface area (Å²) in [6, 6.07) is 13.3. The predicted octanol–water partition coefficient (Wildman–Crippen LogP) is 3.49. The second-order valence-electron chi connectivity index (χ2n) is 7.32. The highest BCUT2D eigenvalue weighted by molar-refractivity contribution is 7.89. The number of fused-ring (bicyclic) bond motifs is 1. The fourth-order valence-corrected chi connectivity index (χ4v) is 5.09. The number of carbonyl (C=O) groups is 2. The van der Waals surface area contributed by atoms with Crippen LogP contribution in [-0.4, -0.2) is 43.7 Å². The van der Waals surface area contributed by atoms with Crippen LogP contribution in [-0.2, 0) is 19.6 Å². The Balaban J connectivity index is 1.82. The molecule has 2 aromatic rings. The number of nitrogens with one attached hydrogen (secondary N) is 1. The summed E-state index contributed by atoms with van der Waals surface area (Å²) < 4.78 is 26.6. The molecule has 0 saturated heterocycles. The van der Waals surface area contributed by atoms with Crippen molar-refractivity contribution in [2.24, 2.45) is 0 Å². The fraction of sp³-hybridized carbons (Fsp3) is 0.304. The van der Waals surface area contributed by atoms with Gasteiger partial charge in [0.1, 0.15) is 0 Å². The van der Waals surface area contributed by atoms with Crippen LogP contribution in [0.1, 0.15) is 32.8 Å². The van der Waals surface area contributed by atoms with Gasteiger partial charge in [-0.05, 0) is 42.8 Å². The summed E-state index contributed by atoms with van der Waals surface area (Å²) in [5.74, 6) is -0.388. The van der Waals surface area contributed by atoms with E-state index in [2.05, 4.69) is 5.32 Å². The minimum Gasteiger partial charge on any atom is -0.324 e. The van der Waals surface area contributed by atoms with Crippen molar-refractivity contribution in [2.45, 2.75) is 38.1 Å². The average molecular weight is 442 g/mol. The number of rotatable bonds is 6. The highest BCUT2D eigenvalue weighted by Gasteiger charge is 2.28. The van der Waals surface area contributed by atoms with Crippen LogP contribution in [0.3, 0.4) is 0 Å². The first-order chi connectivity index (χ1) is 14.8. The average Bonchev–Trinajstić information content (AvgIpc) is 2.87. The van der Waals surface area contributed by atoms with E-state index in [0.717, 1.165) is 0 Å². The highest BCUT2D eigenvalue weighted by atomic mass is 32.2. The zero-order chi connectivity index (χ0) is 22.6. The van der Waals surface area contributed by atoms with Gasteiger partial charge in [0.25, 0.3) is 5.91 Å². The Morgan fingerprint density at radius 3 is 2.42 bits per heavy atom. The molecular formula is C23H27N3O4S. The lowest BCUT2D eigenvalue weighted by atomic mass is 10.1. The molecule has 0 bridgehead atoms. The lowest BCUT2D eigenvalue weighted by Gasteiger charge is -2.26. The molecule has 0 saturated carbocycles. The molecule has 0 aromatic heterocycles.